The molecule has 16 heavy (non-hydrogen) atoms. The van der Waals surface area contributed by atoms with Gasteiger partial charge in [-0.1, -0.05) is 36.4 Å². The molecule has 0 saturated carbocycles. The molecule has 1 aliphatic carbocycles. The number of benzene rings is 1. The van der Waals surface area contributed by atoms with E-state index in [-0.39, 0.29) is 5.92 Å². The van der Waals surface area contributed by atoms with Crippen LogP contribution in [0.4, 0.5) is 0 Å². The number of carbonyl (C=O) groups is 1. The summed E-state index contributed by atoms with van der Waals surface area (Å²) >= 11 is 0. The smallest absolute Gasteiger partial charge is 0.306 e. The maximum Gasteiger partial charge on any atom is 0.306 e. The van der Waals surface area contributed by atoms with Gasteiger partial charge in [0.2, 0.25) is 0 Å². The molecule has 0 fully saturated rings. The zero-order valence-corrected chi connectivity index (χ0v) is 9.23. The fourth-order valence-electron chi connectivity index (χ4n) is 2.18. The van der Waals surface area contributed by atoms with Crippen molar-refractivity contribution in [1.29, 1.82) is 0 Å². The van der Waals surface area contributed by atoms with Gasteiger partial charge in [0.15, 0.2) is 0 Å². The van der Waals surface area contributed by atoms with Crippen LogP contribution in [0.1, 0.15) is 31.2 Å². The van der Waals surface area contributed by atoms with Gasteiger partial charge in [-0.25, -0.2) is 0 Å². The fraction of sp³-hybridized carbons (Fsp3) is 0.357. The van der Waals surface area contributed by atoms with Crippen molar-refractivity contribution >= 4 is 11.5 Å². The second kappa shape index (κ2) is 4.97. The zero-order valence-electron chi connectivity index (χ0n) is 9.23. The molecule has 84 valence electrons. The zero-order chi connectivity index (χ0) is 11.4. The van der Waals surface area contributed by atoms with E-state index in [1.807, 2.05) is 18.2 Å². The first-order valence-electron chi connectivity index (χ1n) is 5.74. The van der Waals surface area contributed by atoms with Crippen LogP contribution in [-0.2, 0) is 4.79 Å². The van der Waals surface area contributed by atoms with E-state index in [0.29, 0.717) is 6.42 Å². The largest absolute Gasteiger partial charge is 0.481 e. The van der Waals surface area contributed by atoms with Crippen LogP contribution in [0.3, 0.4) is 0 Å². The quantitative estimate of drug-likeness (QED) is 0.823. The van der Waals surface area contributed by atoms with Crippen molar-refractivity contribution in [2.75, 3.05) is 0 Å². The van der Waals surface area contributed by atoms with Crippen molar-refractivity contribution in [3.63, 3.8) is 0 Å². The Bertz CT molecular complexity index is 392. The van der Waals surface area contributed by atoms with Gasteiger partial charge in [-0.3, -0.25) is 4.79 Å². The summed E-state index contributed by atoms with van der Waals surface area (Å²) in [6.07, 6.45) is 5.52. The van der Waals surface area contributed by atoms with Gasteiger partial charge in [-0.15, -0.1) is 0 Å². The van der Waals surface area contributed by atoms with Crippen molar-refractivity contribution < 1.29 is 9.90 Å². The molecule has 0 radical (unpaired) electrons. The van der Waals surface area contributed by atoms with Gasteiger partial charge < -0.3 is 5.11 Å². The first-order valence-corrected chi connectivity index (χ1v) is 5.74. The van der Waals surface area contributed by atoms with Gasteiger partial charge in [0, 0.05) is 0 Å². The third-order valence-corrected chi connectivity index (χ3v) is 3.14. The molecule has 1 unspecified atom stereocenters. The van der Waals surface area contributed by atoms with Crippen LogP contribution in [0.5, 0.6) is 0 Å². The molecule has 2 rings (SSSR count). The highest BCUT2D eigenvalue weighted by Crippen LogP contribution is 2.28. The van der Waals surface area contributed by atoms with Gasteiger partial charge in [0.05, 0.1) is 5.92 Å². The summed E-state index contributed by atoms with van der Waals surface area (Å²) in [4.78, 5) is 10.9. The molecule has 1 aliphatic rings. The molecule has 0 bridgehead atoms. The summed E-state index contributed by atoms with van der Waals surface area (Å²) in [5.41, 5.74) is 2.53. The fourth-order valence-corrected chi connectivity index (χ4v) is 2.18. The first kappa shape index (κ1) is 10.9. The topological polar surface area (TPSA) is 37.3 Å². The Hall–Kier alpha value is -1.57. The lowest BCUT2D eigenvalue weighted by Crippen LogP contribution is -2.11. The molecule has 0 saturated heterocycles. The average molecular weight is 216 g/mol. The molecule has 0 spiro atoms. The number of aliphatic carboxylic acids is 1. The summed E-state index contributed by atoms with van der Waals surface area (Å²) in [6.45, 7) is 0. The second-order valence-corrected chi connectivity index (χ2v) is 4.26. The van der Waals surface area contributed by atoms with Crippen LogP contribution in [0, 0.1) is 5.92 Å². The summed E-state index contributed by atoms with van der Waals surface area (Å²) < 4.78 is 0. The van der Waals surface area contributed by atoms with Crippen molar-refractivity contribution in [2.24, 2.45) is 5.92 Å². The lowest BCUT2D eigenvalue weighted by molar-refractivity contribution is -0.141. The van der Waals surface area contributed by atoms with Crippen LogP contribution in [-0.4, -0.2) is 11.1 Å². The molecular weight excluding hydrogens is 200 g/mol. The average Bonchev–Trinajstić information content (AvgIpc) is 2.55. The van der Waals surface area contributed by atoms with Gasteiger partial charge in [0.1, 0.15) is 0 Å². The molecule has 2 heteroatoms. The van der Waals surface area contributed by atoms with Crippen LogP contribution < -0.4 is 0 Å². The van der Waals surface area contributed by atoms with Crippen LogP contribution in [0.2, 0.25) is 0 Å². The third-order valence-electron chi connectivity index (χ3n) is 3.14. The summed E-state index contributed by atoms with van der Waals surface area (Å²) in [7, 11) is 0. The highest BCUT2D eigenvalue weighted by Gasteiger charge is 2.19. The number of hydrogen-bond acceptors (Lipinski definition) is 1. The van der Waals surface area contributed by atoms with E-state index in [4.69, 9.17) is 5.11 Å². The van der Waals surface area contributed by atoms with E-state index in [0.717, 1.165) is 19.3 Å². The highest BCUT2D eigenvalue weighted by molar-refractivity contribution is 5.72. The van der Waals surface area contributed by atoms with Gasteiger partial charge in [0.25, 0.3) is 0 Å². The minimum Gasteiger partial charge on any atom is -0.481 e. The standard InChI is InChI=1S/C14H16O2/c15-14(16)13-8-4-7-12(9-10-13)11-5-2-1-3-6-11/h1-3,5-6,9,13H,4,7-8,10H2,(H,15,16). The van der Waals surface area contributed by atoms with E-state index >= 15 is 0 Å². The van der Waals surface area contributed by atoms with Crippen LogP contribution in [0.15, 0.2) is 36.4 Å². The summed E-state index contributed by atoms with van der Waals surface area (Å²) in [5.74, 6) is -0.855. The Kier molecular flexibility index (Phi) is 3.40. The van der Waals surface area contributed by atoms with Crippen molar-refractivity contribution in [2.45, 2.75) is 25.7 Å². The Morgan fingerprint density at radius 1 is 1.25 bits per heavy atom. The third kappa shape index (κ3) is 2.51. The molecule has 0 aromatic heterocycles. The molecule has 1 N–H and O–H groups in total. The predicted molar refractivity (Wildman–Crippen MR) is 64.0 cm³/mol. The molecule has 0 amide bonds. The van der Waals surface area contributed by atoms with Gasteiger partial charge >= 0.3 is 5.97 Å². The van der Waals surface area contributed by atoms with Gasteiger partial charge in [-0.05, 0) is 36.8 Å². The maximum atomic E-state index is 10.9. The minimum atomic E-state index is -0.662. The SMILES string of the molecule is O=C(O)C1CC=C(c2ccccc2)CCC1. The van der Waals surface area contributed by atoms with E-state index in [1.54, 1.807) is 0 Å². The second-order valence-electron chi connectivity index (χ2n) is 4.26. The predicted octanol–water partition coefficient (Wildman–Crippen LogP) is 3.34. The Balaban J connectivity index is 2.15. The van der Waals surface area contributed by atoms with E-state index < -0.39 is 5.97 Å². The van der Waals surface area contributed by atoms with Crippen LogP contribution in [0.25, 0.3) is 5.57 Å². The Morgan fingerprint density at radius 3 is 2.69 bits per heavy atom. The monoisotopic (exact) mass is 216 g/mol. The molecule has 1 aromatic carbocycles. The summed E-state index contributed by atoms with van der Waals surface area (Å²) in [6, 6.07) is 10.2. The first-order chi connectivity index (χ1) is 7.77. The highest BCUT2D eigenvalue weighted by atomic mass is 16.4. The number of hydrogen-bond donors (Lipinski definition) is 1. The van der Waals surface area contributed by atoms with Crippen molar-refractivity contribution in [3.8, 4) is 0 Å². The molecule has 0 aliphatic heterocycles. The van der Waals surface area contributed by atoms with E-state index in [2.05, 4.69) is 18.2 Å². The van der Waals surface area contributed by atoms with Crippen LogP contribution >= 0.6 is 0 Å². The minimum absolute atomic E-state index is 0.193. The molecule has 2 nitrogen and oxygen atoms in total. The number of carboxylic acids is 1. The number of carboxylic acid groups (broad SMARTS) is 1. The lowest BCUT2D eigenvalue weighted by atomic mass is 10.0. The lowest BCUT2D eigenvalue weighted by Gasteiger charge is -2.04. The number of allylic oxidation sites excluding steroid dienone is 2. The van der Waals surface area contributed by atoms with E-state index in [9.17, 15) is 4.79 Å². The molecule has 1 atom stereocenters. The molecule has 1 aromatic rings. The maximum absolute atomic E-state index is 10.9. The van der Waals surface area contributed by atoms with E-state index in [1.165, 1.54) is 11.1 Å². The van der Waals surface area contributed by atoms with Crippen molar-refractivity contribution in [3.05, 3.63) is 42.0 Å². The Labute approximate surface area is 95.6 Å². The molecule has 0 heterocycles. The normalized spacial score (nSPS) is 21.0. The Morgan fingerprint density at radius 2 is 2.00 bits per heavy atom. The number of rotatable bonds is 2. The van der Waals surface area contributed by atoms with Gasteiger partial charge in [-0.2, -0.15) is 0 Å². The van der Waals surface area contributed by atoms with Crippen molar-refractivity contribution in [1.82, 2.24) is 0 Å². The molecular formula is C14H16O2. The summed E-state index contributed by atoms with van der Waals surface area (Å²) in [5, 5.41) is 8.99.